The lowest BCUT2D eigenvalue weighted by Gasteiger charge is -2.01. The molecule has 1 aromatic rings. The van der Waals surface area contributed by atoms with Gasteiger partial charge in [0.15, 0.2) is 0 Å². The van der Waals surface area contributed by atoms with Crippen LogP contribution in [0.1, 0.15) is 25.0 Å². The van der Waals surface area contributed by atoms with E-state index in [1.165, 1.54) is 11.1 Å². The van der Waals surface area contributed by atoms with E-state index in [0.717, 1.165) is 6.54 Å². The highest BCUT2D eigenvalue weighted by Gasteiger charge is 1.88. The Balaban J connectivity index is 0.000000671. The van der Waals surface area contributed by atoms with E-state index in [4.69, 9.17) is 0 Å². The first-order valence-corrected chi connectivity index (χ1v) is 4.73. The van der Waals surface area contributed by atoms with Crippen LogP contribution in [0.3, 0.4) is 0 Å². The zero-order chi connectivity index (χ0) is 10.1. The molecular formula is C12H19N. The van der Waals surface area contributed by atoms with Crippen LogP contribution in [-0.2, 0) is 6.54 Å². The highest BCUT2D eigenvalue weighted by atomic mass is 14.8. The summed E-state index contributed by atoms with van der Waals surface area (Å²) in [4.78, 5) is 0. The van der Waals surface area contributed by atoms with Gasteiger partial charge in [0.1, 0.15) is 0 Å². The summed E-state index contributed by atoms with van der Waals surface area (Å²) in [5.41, 5.74) is 2.60. The second kappa shape index (κ2) is 7.41. The van der Waals surface area contributed by atoms with Gasteiger partial charge in [0, 0.05) is 6.54 Å². The summed E-state index contributed by atoms with van der Waals surface area (Å²) in [6, 6.07) is 8.42. The molecule has 1 N–H and O–H groups in total. The fraction of sp³-hybridized carbons (Fsp3) is 0.333. The van der Waals surface area contributed by atoms with Crippen molar-refractivity contribution in [2.75, 3.05) is 0 Å². The van der Waals surface area contributed by atoms with Crippen LogP contribution in [0, 0.1) is 6.92 Å². The van der Waals surface area contributed by atoms with Crippen molar-refractivity contribution in [2.24, 2.45) is 0 Å². The molecule has 1 nitrogen and oxygen atoms in total. The first-order chi connectivity index (χ1) is 6.33. The molecule has 72 valence electrons. The smallest absolute Gasteiger partial charge is 0.0395 e. The van der Waals surface area contributed by atoms with Crippen molar-refractivity contribution >= 4 is 0 Å². The molecule has 0 aliphatic heterocycles. The lowest BCUT2D eigenvalue weighted by Crippen LogP contribution is -2.03. The lowest BCUT2D eigenvalue weighted by molar-refractivity contribution is 0.871. The van der Waals surface area contributed by atoms with E-state index in [1.54, 1.807) is 6.20 Å². The van der Waals surface area contributed by atoms with Crippen LogP contribution in [0.15, 0.2) is 37.0 Å². The second-order valence-corrected chi connectivity index (χ2v) is 2.57. The second-order valence-electron chi connectivity index (χ2n) is 2.57. The maximum atomic E-state index is 3.59. The minimum absolute atomic E-state index is 0.866. The van der Waals surface area contributed by atoms with Gasteiger partial charge in [-0.25, -0.2) is 0 Å². The zero-order valence-electron chi connectivity index (χ0n) is 8.80. The number of rotatable bonds is 3. The molecule has 0 aliphatic rings. The Morgan fingerprint density at radius 2 is 2.08 bits per heavy atom. The van der Waals surface area contributed by atoms with Gasteiger partial charge >= 0.3 is 0 Å². The van der Waals surface area contributed by atoms with Gasteiger partial charge < -0.3 is 5.32 Å². The molecular weight excluding hydrogens is 158 g/mol. The largest absolute Gasteiger partial charge is 0.387 e. The summed E-state index contributed by atoms with van der Waals surface area (Å²) in [6.45, 7) is 10.5. The first kappa shape index (κ1) is 11.8. The molecule has 0 aliphatic carbocycles. The average molecular weight is 177 g/mol. The molecule has 1 aromatic carbocycles. The number of benzene rings is 1. The molecule has 0 saturated carbocycles. The third kappa shape index (κ3) is 5.07. The minimum Gasteiger partial charge on any atom is -0.387 e. The van der Waals surface area contributed by atoms with Crippen LogP contribution in [0.4, 0.5) is 0 Å². The predicted molar refractivity (Wildman–Crippen MR) is 59.6 cm³/mol. The topological polar surface area (TPSA) is 12.0 Å². The van der Waals surface area contributed by atoms with Crippen molar-refractivity contribution in [1.29, 1.82) is 0 Å². The average Bonchev–Trinajstić information content (AvgIpc) is 2.18. The monoisotopic (exact) mass is 177 g/mol. The molecule has 13 heavy (non-hydrogen) atoms. The first-order valence-electron chi connectivity index (χ1n) is 4.73. The molecule has 1 heteroatoms. The molecule has 0 saturated heterocycles. The Hall–Kier alpha value is -1.24. The molecule has 0 fully saturated rings. The fourth-order valence-corrected chi connectivity index (χ4v) is 1.01. The predicted octanol–water partition coefficient (Wildman–Crippen LogP) is 3.25. The van der Waals surface area contributed by atoms with Crippen LogP contribution in [-0.4, -0.2) is 0 Å². The minimum atomic E-state index is 0.866. The molecule has 0 radical (unpaired) electrons. The van der Waals surface area contributed by atoms with Crippen molar-refractivity contribution in [1.82, 2.24) is 5.32 Å². The Labute approximate surface area is 81.5 Å². The zero-order valence-corrected chi connectivity index (χ0v) is 8.80. The van der Waals surface area contributed by atoms with Gasteiger partial charge in [0.2, 0.25) is 0 Å². The van der Waals surface area contributed by atoms with Gasteiger partial charge in [-0.3, -0.25) is 0 Å². The molecule has 0 atom stereocenters. The molecule has 0 bridgehead atoms. The lowest BCUT2D eigenvalue weighted by atomic mass is 10.1. The summed E-state index contributed by atoms with van der Waals surface area (Å²) in [5, 5.41) is 3.06. The summed E-state index contributed by atoms with van der Waals surface area (Å²) in [7, 11) is 0. The summed E-state index contributed by atoms with van der Waals surface area (Å²) < 4.78 is 0. The fourth-order valence-electron chi connectivity index (χ4n) is 1.01. The third-order valence-corrected chi connectivity index (χ3v) is 1.53. The Morgan fingerprint density at radius 3 is 2.62 bits per heavy atom. The van der Waals surface area contributed by atoms with Gasteiger partial charge in [-0.15, -0.1) is 0 Å². The van der Waals surface area contributed by atoms with Crippen molar-refractivity contribution in [3.05, 3.63) is 48.2 Å². The molecule has 0 aromatic heterocycles. The van der Waals surface area contributed by atoms with Gasteiger partial charge in [-0.2, -0.15) is 0 Å². The van der Waals surface area contributed by atoms with Crippen molar-refractivity contribution in [2.45, 2.75) is 27.3 Å². The Morgan fingerprint density at radius 1 is 1.38 bits per heavy atom. The van der Waals surface area contributed by atoms with E-state index in [9.17, 15) is 0 Å². The van der Waals surface area contributed by atoms with Gasteiger partial charge in [-0.1, -0.05) is 50.3 Å². The maximum Gasteiger partial charge on any atom is 0.0395 e. The van der Waals surface area contributed by atoms with Crippen LogP contribution in [0.2, 0.25) is 0 Å². The Bertz CT molecular complexity index is 241. The highest BCUT2D eigenvalue weighted by Crippen LogP contribution is 2.02. The highest BCUT2D eigenvalue weighted by molar-refractivity contribution is 5.22. The van der Waals surface area contributed by atoms with E-state index in [1.807, 2.05) is 13.8 Å². The number of aryl methyl sites for hydroxylation is 1. The Kier molecular flexibility index (Phi) is 6.70. The molecule has 0 amide bonds. The van der Waals surface area contributed by atoms with Gasteiger partial charge in [0.05, 0.1) is 0 Å². The molecule has 0 spiro atoms. The number of hydrogen-bond donors (Lipinski definition) is 1. The number of hydrogen-bond acceptors (Lipinski definition) is 1. The quantitative estimate of drug-likeness (QED) is 0.747. The maximum absolute atomic E-state index is 3.59. The van der Waals surface area contributed by atoms with E-state index < -0.39 is 0 Å². The van der Waals surface area contributed by atoms with Crippen LogP contribution >= 0.6 is 0 Å². The summed E-state index contributed by atoms with van der Waals surface area (Å²) in [5.74, 6) is 0. The molecule has 0 unspecified atom stereocenters. The van der Waals surface area contributed by atoms with Crippen LogP contribution in [0.5, 0.6) is 0 Å². The van der Waals surface area contributed by atoms with Crippen molar-refractivity contribution < 1.29 is 0 Å². The van der Waals surface area contributed by atoms with E-state index in [2.05, 4.69) is 43.1 Å². The summed E-state index contributed by atoms with van der Waals surface area (Å²) >= 11 is 0. The van der Waals surface area contributed by atoms with E-state index in [-0.39, 0.29) is 0 Å². The van der Waals surface area contributed by atoms with Gasteiger partial charge in [0.25, 0.3) is 0 Å². The summed E-state index contributed by atoms with van der Waals surface area (Å²) in [6.07, 6.45) is 1.71. The molecule has 0 heterocycles. The third-order valence-electron chi connectivity index (χ3n) is 1.53. The SMILES string of the molecule is C=CNCc1cccc(C)c1.CC. The van der Waals surface area contributed by atoms with Crippen molar-refractivity contribution in [3.8, 4) is 0 Å². The van der Waals surface area contributed by atoms with E-state index in [0.29, 0.717) is 0 Å². The molecule has 1 rings (SSSR count). The van der Waals surface area contributed by atoms with Crippen LogP contribution < -0.4 is 5.32 Å². The van der Waals surface area contributed by atoms with Crippen molar-refractivity contribution in [3.63, 3.8) is 0 Å². The van der Waals surface area contributed by atoms with Crippen LogP contribution in [0.25, 0.3) is 0 Å². The standard InChI is InChI=1S/C10H13N.C2H6/c1-3-11-8-10-6-4-5-9(2)7-10;1-2/h3-7,11H,1,8H2,2H3;1-2H3. The van der Waals surface area contributed by atoms with E-state index >= 15 is 0 Å². The normalized spacial score (nSPS) is 8.23. The number of nitrogens with one attached hydrogen (secondary N) is 1. The van der Waals surface area contributed by atoms with Gasteiger partial charge in [-0.05, 0) is 18.7 Å².